The van der Waals surface area contributed by atoms with E-state index in [-0.39, 0.29) is 11.8 Å². The maximum Gasteiger partial charge on any atom is 0.289 e. The van der Waals surface area contributed by atoms with Crippen LogP contribution in [0, 0.1) is 13.8 Å². The summed E-state index contributed by atoms with van der Waals surface area (Å²) in [4.78, 5) is 22.8. The molecule has 152 valence electrons. The number of hydrogen-bond acceptors (Lipinski definition) is 3. The van der Waals surface area contributed by atoms with Crippen molar-refractivity contribution >= 4 is 16.8 Å². The third-order valence-corrected chi connectivity index (χ3v) is 6.02. The number of hydrogen-bond donors (Lipinski definition) is 1. The van der Waals surface area contributed by atoms with Crippen molar-refractivity contribution in [1.82, 2.24) is 14.9 Å². The van der Waals surface area contributed by atoms with Crippen LogP contribution in [0.3, 0.4) is 0 Å². The van der Waals surface area contributed by atoms with Gasteiger partial charge in [-0.25, -0.2) is 0 Å². The Kier molecular flexibility index (Phi) is 4.66. The van der Waals surface area contributed by atoms with Crippen molar-refractivity contribution in [3.05, 3.63) is 77.6 Å². The molecule has 4 heterocycles. The molecule has 4 aromatic rings. The first kappa shape index (κ1) is 18.7. The van der Waals surface area contributed by atoms with E-state index in [1.165, 1.54) is 22.2 Å². The Balaban J connectivity index is 1.55. The summed E-state index contributed by atoms with van der Waals surface area (Å²) in [5, 5.41) is 1.22. The first-order chi connectivity index (χ1) is 14.6. The molecule has 5 heteroatoms. The maximum atomic E-state index is 13.0. The average molecular weight is 399 g/mol. The predicted octanol–water partition coefficient (Wildman–Crippen LogP) is 5.46. The Morgan fingerprint density at radius 1 is 1.13 bits per heavy atom. The topological polar surface area (TPSA) is 62.1 Å². The standard InChI is InChI=1S/C25H25N3O2/c1-16-5-7-21-20(14-16)23(18-9-11-26-12-10-18)24(27-21)19-4-3-13-28(15-19)25(29)22-8-6-17(2)30-22/h5-12,14,19,27H,3-4,13,15H2,1-2H3/t19-/m1/s1. The van der Waals surface area contributed by atoms with E-state index in [1.807, 2.05) is 30.3 Å². The van der Waals surface area contributed by atoms with Crippen LogP contribution in [-0.2, 0) is 0 Å². The highest BCUT2D eigenvalue weighted by molar-refractivity contribution is 5.98. The number of piperidine rings is 1. The third kappa shape index (κ3) is 3.30. The van der Waals surface area contributed by atoms with Gasteiger partial charge < -0.3 is 14.3 Å². The Hall–Kier alpha value is -3.34. The van der Waals surface area contributed by atoms with E-state index in [9.17, 15) is 4.79 Å². The number of pyridine rings is 1. The number of rotatable bonds is 3. The molecule has 5 rings (SSSR count). The van der Waals surface area contributed by atoms with Gasteiger partial charge in [0.15, 0.2) is 5.76 Å². The molecule has 0 radical (unpaired) electrons. The minimum atomic E-state index is -0.0229. The van der Waals surface area contributed by atoms with Crippen LogP contribution in [0.25, 0.3) is 22.0 Å². The number of likely N-dealkylation sites (tertiary alicyclic amines) is 1. The number of carbonyl (C=O) groups excluding carboxylic acids is 1. The lowest BCUT2D eigenvalue weighted by atomic mass is 9.89. The summed E-state index contributed by atoms with van der Waals surface area (Å²) in [5.41, 5.74) is 5.95. The highest BCUT2D eigenvalue weighted by atomic mass is 16.3. The molecule has 1 atom stereocenters. The minimum Gasteiger partial charge on any atom is -0.456 e. The summed E-state index contributed by atoms with van der Waals surface area (Å²) >= 11 is 0. The molecule has 1 aliphatic rings. The summed E-state index contributed by atoms with van der Waals surface area (Å²) in [6.07, 6.45) is 5.69. The monoisotopic (exact) mass is 399 g/mol. The Morgan fingerprint density at radius 2 is 1.97 bits per heavy atom. The fourth-order valence-electron chi connectivity index (χ4n) is 4.56. The van der Waals surface area contributed by atoms with Crippen LogP contribution in [0.5, 0.6) is 0 Å². The van der Waals surface area contributed by atoms with E-state index in [0.29, 0.717) is 12.3 Å². The lowest BCUT2D eigenvalue weighted by molar-refractivity contribution is 0.0672. The molecule has 1 N–H and O–H groups in total. The van der Waals surface area contributed by atoms with E-state index in [2.05, 4.69) is 47.2 Å². The van der Waals surface area contributed by atoms with Gasteiger partial charge in [-0.1, -0.05) is 11.6 Å². The molecule has 0 aliphatic carbocycles. The highest BCUT2D eigenvalue weighted by Crippen LogP contribution is 2.39. The number of fused-ring (bicyclic) bond motifs is 1. The fraction of sp³-hybridized carbons (Fsp3) is 0.280. The van der Waals surface area contributed by atoms with Crippen LogP contribution in [0.1, 0.15) is 46.3 Å². The van der Waals surface area contributed by atoms with Crippen LogP contribution in [-0.4, -0.2) is 33.9 Å². The van der Waals surface area contributed by atoms with Gasteiger partial charge in [-0.05, 0) is 68.7 Å². The summed E-state index contributed by atoms with van der Waals surface area (Å²) in [5.74, 6) is 1.41. The first-order valence-corrected chi connectivity index (χ1v) is 10.5. The highest BCUT2D eigenvalue weighted by Gasteiger charge is 2.30. The van der Waals surface area contributed by atoms with Gasteiger partial charge in [0.05, 0.1) is 0 Å². The second-order valence-electron chi connectivity index (χ2n) is 8.20. The summed E-state index contributed by atoms with van der Waals surface area (Å²) < 4.78 is 5.59. The van der Waals surface area contributed by atoms with Crippen molar-refractivity contribution in [1.29, 1.82) is 0 Å². The molecule has 0 saturated carbocycles. The Bertz CT molecular complexity index is 1210. The number of aromatic amines is 1. The molecule has 1 aromatic carbocycles. The van der Waals surface area contributed by atoms with Gasteiger partial charge in [0, 0.05) is 53.6 Å². The molecule has 1 saturated heterocycles. The number of aryl methyl sites for hydroxylation is 2. The predicted molar refractivity (Wildman–Crippen MR) is 118 cm³/mol. The van der Waals surface area contributed by atoms with Crippen molar-refractivity contribution in [3.8, 4) is 11.1 Å². The van der Waals surface area contributed by atoms with Crippen molar-refractivity contribution in [2.75, 3.05) is 13.1 Å². The zero-order valence-electron chi connectivity index (χ0n) is 17.3. The molecule has 30 heavy (non-hydrogen) atoms. The van der Waals surface area contributed by atoms with Crippen LogP contribution >= 0.6 is 0 Å². The number of amides is 1. The smallest absolute Gasteiger partial charge is 0.289 e. The quantitative estimate of drug-likeness (QED) is 0.498. The lowest BCUT2D eigenvalue weighted by Gasteiger charge is -2.32. The van der Waals surface area contributed by atoms with Crippen molar-refractivity contribution < 1.29 is 9.21 Å². The number of carbonyl (C=O) groups is 1. The minimum absolute atomic E-state index is 0.0229. The molecule has 1 fully saturated rings. The van der Waals surface area contributed by atoms with Gasteiger partial charge in [0.2, 0.25) is 0 Å². The number of H-pyrrole nitrogens is 1. The second kappa shape index (κ2) is 7.48. The number of benzene rings is 1. The van der Waals surface area contributed by atoms with Crippen molar-refractivity contribution in [2.24, 2.45) is 0 Å². The zero-order valence-corrected chi connectivity index (χ0v) is 17.3. The molecule has 1 amide bonds. The van der Waals surface area contributed by atoms with E-state index in [0.717, 1.165) is 36.2 Å². The maximum absolute atomic E-state index is 13.0. The lowest BCUT2D eigenvalue weighted by Crippen LogP contribution is -2.39. The molecular formula is C25H25N3O2. The largest absolute Gasteiger partial charge is 0.456 e. The molecule has 0 spiro atoms. The van der Waals surface area contributed by atoms with Gasteiger partial charge in [-0.15, -0.1) is 0 Å². The van der Waals surface area contributed by atoms with Gasteiger partial charge >= 0.3 is 0 Å². The molecule has 0 unspecified atom stereocenters. The third-order valence-electron chi connectivity index (χ3n) is 6.02. The van der Waals surface area contributed by atoms with Crippen molar-refractivity contribution in [3.63, 3.8) is 0 Å². The molecular weight excluding hydrogens is 374 g/mol. The molecule has 0 bridgehead atoms. The second-order valence-corrected chi connectivity index (χ2v) is 8.20. The van der Waals surface area contributed by atoms with E-state index in [4.69, 9.17) is 4.42 Å². The molecule has 3 aromatic heterocycles. The number of nitrogens with zero attached hydrogens (tertiary/aromatic N) is 2. The van der Waals surface area contributed by atoms with Gasteiger partial charge in [0.25, 0.3) is 5.91 Å². The number of nitrogens with one attached hydrogen (secondary N) is 1. The van der Waals surface area contributed by atoms with Gasteiger partial charge in [0.1, 0.15) is 5.76 Å². The number of furan rings is 1. The van der Waals surface area contributed by atoms with E-state index in [1.54, 1.807) is 6.07 Å². The Morgan fingerprint density at radius 3 is 2.73 bits per heavy atom. The Labute approximate surface area is 175 Å². The van der Waals surface area contributed by atoms with Crippen molar-refractivity contribution in [2.45, 2.75) is 32.6 Å². The fourth-order valence-corrected chi connectivity index (χ4v) is 4.56. The summed E-state index contributed by atoms with van der Waals surface area (Å²) in [7, 11) is 0. The van der Waals surface area contributed by atoms with Crippen LogP contribution in [0.15, 0.2) is 59.3 Å². The normalized spacial score (nSPS) is 16.9. The van der Waals surface area contributed by atoms with Crippen LogP contribution in [0.2, 0.25) is 0 Å². The first-order valence-electron chi connectivity index (χ1n) is 10.5. The molecule has 1 aliphatic heterocycles. The van der Waals surface area contributed by atoms with Gasteiger partial charge in [-0.3, -0.25) is 9.78 Å². The SMILES string of the molecule is Cc1ccc2[nH]c([C@@H]3CCCN(C(=O)c4ccc(C)o4)C3)c(-c3ccncc3)c2c1. The zero-order chi connectivity index (χ0) is 20.7. The van der Waals surface area contributed by atoms with Crippen LogP contribution < -0.4 is 0 Å². The van der Waals surface area contributed by atoms with Gasteiger partial charge in [-0.2, -0.15) is 0 Å². The number of aromatic nitrogens is 2. The van der Waals surface area contributed by atoms with E-state index < -0.39 is 0 Å². The van der Waals surface area contributed by atoms with Crippen LogP contribution in [0.4, 0.5) is 0 Å². The summed E-state index contributed by atoms with van der Waals surface area (Å²) in [6.45, 7) is 5.43. The van der Waals surface area contributed by atoms with E-state index >= 15 is 0 Å². The molecule has 5 nitrogen and oxygen atoms in total. The summed E-state index contributed by atoms with van der Waals surface area (Å²) in [6, 6.07) is 14.3. The average Bonchev–Trinajstić information content (AvgIpc) is 3.37.